The standard InChI is InChI=1S/C13H27F.FH/c1-4-5-6-7-8-9-10-11-13(14)12(2)3;/h12-13H,4-11H2,1-3H3;1H. The summed E-state index contributed by atoms with van der Waals surface area (Å²) in [5.74, 6) is 0.204. The highest BCUT2D eigenvalue weighted by molar-refractivity contribution is 4.60. The third-order valence-electron chi connectivity index (χ3n) is 2.81. The molecule has 1 unspecified atom stereocenters. The van der Waals surface area contributed by atoms with Crippen molar-refractivity contribution >= 4 is 0 Å². The minimum absolute atomic E-state index is 0. The average molecular weight is 222 g/mol. The van der Waals surface area contributed by atoms with E-state index in [9.17, 15) is 4.39 Å². The number of halogens is 2. The van der Waals surface area contributed by atoms with Gasteiger partial charge in [-0.25, -0.2) is 4.39 Å². The highest BCUT2D eigenvalue weighted by atomic mass is 19.1. The fourth-order valence-electron chi connectivity index (χ4n) is 1.63. The van der Waals surface area contributed by atoms with Crippen LogP contribution in [0.15, 0.2) is 0 Å². The minimum atomic E-state index is -0.578. The Bertz CT molecular complexity index is 113. The zero-order valence-corrected chi connectivity index (χ0v) is 10.6. The van der Waals surface area contributed by atoms with E-state index < -0.39 is 6.17 Å². The summed E-state index contributed by atoms with van der Waals surface area (Å²) < 4.78 is 13.2. The number of hydrogen-bond acceptors (Lipinski definition) is 0. The Hall–Kier alpha value is -0.140. The van der Waals surface area contributed by atoms with Crippen LogP contribution in [0.2, 0.25) is 0 Å². The van der Waals surface area contributed by atoms with E-state index in [1.165, 1.54) is 38.5 Å². The molecule has 2 heteroatoms. The summed E-state index contributed by atoms with van der Waals surface area (Å²) in [6.07, 6.45) is 9.15. The molecule has 0 amide bonds. The van der Waals surface area contributed by atoms with Crippen molar-refractivity contribution < 1.29 is 9.09 Å². The summed E-state index contributed by atoms with van der Waals surface area (Å²) in [6, 6.07) is 0. The topological polar surface area (TPSA) is 0 Å². The Balaban J connectivity index is 0. The van der Waals surface area contributed by atoms with Crippen molar-refractivity contribution in [3.8, 4) is 0 Å². The Morgan fingerprint density at radius 1 is 0.867 bits per heavy atom. The van der Waals surface area contributed by atoms with E-state index in [0.717, 1.165) is 12.8 Å². The summed E-state index contributed by atoms with van der Waals surface area (Å²) in [5, 5.41) is 0. The first-order chi connectivity index (χ1) is 6.68. The summed E-state index contributed by atoms with van der Waals surface area (Å²) in [5.41, 5.74) is 0. The molecule has 94 valence electrons. The van der Waals surface area contributed by atoms with E-state index in [1.807, 2.05) is 13.8 Å². The molecule has 0 N–H and O–H groups in total. The maximum Gasteiger partial charge on any atom is 0.102 e. The summed E-state index contributed by atoms with van der Waals surface area (Å²) in [6.45, 7) is 6.16. The van der Waals surface area contributed by atoms with Crippen molar-refractivity contribution in [2.24, 2.45) is 5.92 Å². The predicted octanol–water partition coefficient (Wildman–Crippen LogP) is 5.27. The quantitative estimate of drug-likeness (QED) is 0.466. The van der Waals surface area contributed by atoms with Gasteiger partial charge in [-0.05, 0) is 12.3 Å². The molecular weight excluding hydrogens is 194 g/mol. The van der Waals surface area contributed by atoms with Gasteiger partial charge in [0.05, 0.1) is 0 Å². The number of alkyl halides is 1. The van der Waals surface area contributed by atoms with E-state index in [1.54, 1.807) is 0 Å². The smallest absolute Gasteiger partial charge is 0.102 e. The number of hydrogen-bond donors (Lipinski definition) is 0. The van der Waals surface area contributed by atoms with Gasteiger partial charge in [-0.15, -0.1) is 0 Å². The molecule has 0 aromatic carbocycles. The van der Waals surface area contributed by atoms with Gasteiger partial charge in [0.25, 0.3) is 0 Å². The normalized spacial score (nSPS) is 12.6. The maximum absolute atomic E-state index is 13.2. The van der Waals surface area contributed by atoms with Crippen molar-refractivity contribution in [1.29, 1.82) is 0 Å². The van der Waals surface area contributed by atoms with E-state index in [4.69, 9.17) is 0 Å². The van der Waals surface area contributed by atoms with E-state index >= 15 is 0 Å². The molecule has 15 heavy (non-hydrogen) atoms. The highest BCUT2D eigenvalue weighted by Crippen LogP contribution is 2.15. The van der Waals surface area contributed by atoms with Crippen LogP contribution in [0.1, 0.15) is 72.1 Å². The van der Waals surface area contributed by atoms with Crippen LogP contribution >= 0.6 is 0 Å². The lowest BCUT2D eigenvalue weighted by atomic mass is 10.0. The molecule has 0 aliphatic rings. The van der Waals surface area contributed by atoms with Crippen LogP contribution in [-0.2, 0) is 0 Å². The third-order valence-corrected chi connectivity index (χ3v) is 2.81. The molecule has 0 radical (unpaired) electrons. The van der Waals surface area contributed by atoms with Crippen LogP contribution in [0, 0.1) is 5.92 Å². The Morgan fingerprint density at radius 3 is 1.80 bits per heavy atom. The molecular formula is C13H28F2. The van der Waals surface area contributed by atoms with Gasteiger partial charge < -0.3 is 0 Å². The van der Waals surface area contributed by atoms with Crippen LogP contribution in [0.25, 0.3) is 0 Å². The SMILES string of the molecule is CCCCCCCCCC(F)C(C)C.F. The molecule has 1 atom stereocenters. The number of unbranched alkanes of at least 4 members (excludes halogenated alkanes) is 6. The van der Waals surface area contributed by atoms with Gasteiger partial charge >= 0.3 is 0 Å². The van der Waals surface area contributed by atoms with Gasteiger partial charge in [-0.3, -0.25) is 4.70 Å². The van der Waals surface area contributed by atoms with Gasteiger partial charge in [0, 0.05) is 0 Å². The maximum atomic E-state index is 13.2. The van der Waals surface area contributed by atoms with Gasteiger partial charge in [-0.2, -0.15) is 0 Å². The summed E-state index contributed by atoms with van der Waals surface area (Å²) >= 11 is 0. The van der Waals surface area contributed by atoms with Gasteiger partial charge in [0.15, 0.2) is 0 Å². The molecule has 0 bridgehead atoms. The van der Waals surface area contributed by atoms with E-state index in [-0.39, 0.29) is 10.6 Å². The predicted molar refractivity (Wildman–Crippen MR) is 64.8 cm³/mol. The fraction of sp³-hybridized carbons (Fsp3) is 1.00. The van der Waals surface area contributed by atoms with Crippen LogP contribution in [-0.4, -0.2) is 6.17 Å². The van der Waals surface area contributed by atoms with Crippen molar-refractivity contribution in [3.05, 3.63) is 0 Å². The fourth-order valence-corrected chi connectivity index (χ4v) is 1.63. The lowest BCUT2D eigenvalue weighted by Crippen LogP contribution is -2.08. The number of rotatable bonds is 9. The molecule has 0 aliphatic heterocycles. The summed E-state index contributed by atoms with van der Waals surface area (Å²) in [7, 11) is 0. The molecule has 0 heterocycles. The lowest BCUT2D eigenvalue weighted by molar-refractivity contribution is 0.234. The monoisotopic (exact) mass is 222 g/mol. The molecule has 0 rings (SSSR count). The molecule has 0 nitrogen and oxygen atoms in total. The van der Waals surface area contributed by atoms with Gasteiger partial charge in [0.2, 0.25) is 0 Å². The second kappa shape index (κ2) is 11.9. The van der Waals surface area contributed by atoms with Crippen LogP contribution in [0.3, 0.4) is 0 Å². The first kappa shape index (κ1) is 17.3. The third kappa shape index (κ3) is 11.8. The molecule has 0 saturated heterocycles. The van der Waals surface area contributed by atoms with Gasteiger partial charge in [-0.1, -0.05) is 65.7 Å². The Morgan fingerprint density at radius 2 is 1.33 bits per heavy atom. The van der Waals surface area contributed by atoms with Crippen molar-refractivity contribution in [3.63, 3.8) is 0 Å². The van der Waals surface area contributed by atoms with Gasteiger partial charge in [0.1, 0.15) is 6.17 Å². The first-order valence-electron chi connectivity index (χ1n) is 6.32. The van der Waals surface area contributed by atoms with Crippen LogP contribution < -0.4 is 0 Å². The molecule has 0 aliphatic carbocycles. The van der Waals surface area contributed by atoms with Crippen LogP contribution in [0.5, 0.6) is 0 Å². The second-order valence-electron chi connectivity index (χ2n) is 4.67. The zero-order chi connectivity index (χ0) is 10.8. The van der Waals surface area contributed by atoms with Crippen molar-refractivity contribution in [1.82, 2.24) is 0 Å². The van der Waals surface area contributed by atoms with Crippen molar-refractivity contribution in [2.45, 2.75) is 78.3 Å². The zero-order valence-electron chi connectivity index (χ0n) is 10.6. The average Bonchev–Trinajstić information content (AvgIpc) is 2.16. The molecule has 0 aromatic rings. The van der Waals surface area contributed by atoms with Crippen molar-refractivity contribution in [2.75, 3.05) is 0 Å². The molecule has 0 fully saturated rings. The Labute approximate surface area is 94.0 Å². The van der Waals surface area contributed by atoms with E-state index in [0.29, 0.717) is 0 Å². The van der Waals surface area contributed by atoms with Crippen LogP contribution in [0.4, 0.5) is 9.09 Å². The Kier molecular flexibility index (Phi) is 13.7. The van der Waals surface area contributed by atoms with E-state index in [2.05, 4.69) is 6.92 Å². The lowest BCUT2D eigenvalue weighted by Gasteiger charge is -2.10. The molecule has 0 saturated carbocycles. The summed E-state index contributed by atoms with van der Waals surface area (Å²) in [4.78, 5) is 0. The first-order valence-corrected chi connectivity index (χ1v) is 6.32. The largest absolute Gasteiger partial charge is 0.269 e. The highest BCUT2D eigenvalue weighted by Gasteiger charge is 2.09. The molecule has 0 spiro atoms. The second-order valence-corrected chi connectivity index (χ2v) is 4.67. The molecule has 0 aromatic heterocycles. The minimum Gasteiger partial charge on any atom is -0.269 e.